The summed E-state index contributed by atoms with van der Waals surface area (Å²) in [6.45, 7) is 7.39. The highest BCUT2D eigenvalue weighted by Gasteiger charge is 2.27. The van der Waals surface area contributed by atoms with Crippen molar-refractivity contribution in [2.24, 2.45) is 5.92 Å². The van der Waals surface area contributed by atoms with Crippen LogP contribution in [0.3, 0.4) is 0 Å². The zero-order valence-corrected chi connectivity index (χ0v) is 14.1. The number of ether oxygens (including phenoxy) is 2. The molecule has 0 radical (unpaired) electrons. The van der Waals surface area contributed by atoms with Gasteiger partial charge in [0.15, 0.2) is 0 Å². The Balaban J connectivity index is 2.61. The lowest BCUT2D eigenvalue weighted by Crippen LogP contribution is -2.21. The summed E-state index contributed by atoms with van der Waals surface area (Å²) in [5, 5.41) is 0. The van der Waals surface area contributed by atoms with Gasteiger partial charge in [-0.3, -0.25) is 4.79 Å². The number of hydrogen-bond donors (Lipinski definition) is 0. The van der Waals surface area contributed by atoms with Crippen LogP contribution in [0, 0.1) is 5.92 Å². The molecule has 1 rings (SSSR count). The first kappa shape index (κ1) is 18.4. The molecule has 1 aliphatic heterocycles. The Morgan fingerprint density at radius 3 is 2.64 bits per heavy atom. The number of carbonyl (C=O) groups excluding carboxylic acids is 2. The van der Waals surface area contributed by atoms with Crippen molar-refractivity contribution < 1.29 is 19.1 Å². The number of Topliss-reactive ketones (excluding diaryl/α,β-unsaturated/α-hetero) is 1. The van der Waals surface area contributed by atoms with Crippen molar-refractivity contribution >= 4 is 11.8 Å². The van der Waals surface area contributed by atoms with E-state index in [1.807, 2.05) is 32.9 Å². The van der Waals surface area contributed by atoms with Crippen molar-refractivity contribution in [2.45, 2.75) is 52.2 Å². The quantitative estimate of drug-likeness (QED) is 0.509. The lowest BCUT2D eigenvalue weighted by atomic mass is 9.99. The van der Waals surface area contributed by atoms with Crippen molar-refractivity contribution in [1.29, 1.82) is 0 Å². The minimum atomic E-state index is -0.697. The van der Waals surface area contributed by atoms with Gasteiger partial charge in [-0.05, 0) is 51.3 Å². The van der Waals surface area contributed by atoms with E-state index in [1.54, 1.807) is 20.1 Å². The first-order chi connectivity index (χ1) is 10.3. The van der Waals surface area contributed by atoms with Crippen LogP contribution in [0.5, 0.6) is 0 Å². The van der Waals surface area contributed by atoms with Gasteiger partial charge < -0.3 is 9.47 Å². The van der Waals surface area contributed by atoms with E-state index in [9.17, 15) is 9.59 Å². The maximum absolute atomic E-state index is 11.2. The minimum absolute atomic E-state index is 0.0857. The second kappa shape index (κ2) is 8.08. The van der Waals surface area contributed by atoms with Gasteiger partial charge in [-0.15, -0.1) is 0 Å². The fourth-order valence-electron chi connectivity index (χ4n) is 2.18. The van der Waals surface area contributed by atoms with Crippen LogP contribution in [0.1, 0.15) is 40.5 Å². The molecule has 0 aliphatic carbocycles. The molecule has 0 saturated heterocycles. The molecule has 22 heavy (non-hydrogen) atoms. The van der Waals surface area contributed by atoms with Crippen molar-refractivity contribution in [3.05, 3.63) is 36.0 Å². The molecule has 0 aromatic rings. The molecule has 0 aromatic carbocycles. The first-order valence-corrected chi connectivity index (χ1v) is 7.59. The van der Waals surface area contributed by atoms with Crippen molar-refractivity contribution in [3.63, 3.8) is 0 Å². The fourth-order valence-corrected chi connectivity index (χ4v) is 2.18. The average molecular weight is 306 g/mol. The molecule has 0 unspecified atom stereocenters. The molecule has 0 spiro atoms. The van der Waals surface area contributed by atoms with Crippen LogP contribution in [0.4, 0.5) is 0 Å². The second-order valence-corrected chi connectivity index (χ2v) is 5.99. The Bertz CT molecular complexity index is 501. The summed E-state index contributed by atoms with van der Waals surface area (Å²) in [5.41, 5.74) is 0.378. The van der Waals surface area contributed by atoms with Crippen molar-refractivity contribution in [2.75, 3.05) is 7.11 Å². The standard InChI is InChI=1S/C18H26O4/c1-13(15(3)19)7-6-8-14(2)16(21-5)9-11-18(4)12-10-17(20)22-18/h8-13,16H,6-7H2,1-5H3/b11-9+,14-8+/t13-,16-,18+/m1/s1. The Hall–Kier alpha value is -1.68. The minimum Gasteiger partial charge on any atom is -0.448 e. The Labute approximate surface area is 132 Å². The monoisotopic (exact) mass is 306 g/mol. The second-order valence-electron chi connectivity index (χ2n) is 5.99. The molecule has 0 N–H and O–H groups in total. The highest BCUT2D eigenvalue weighted by molar-refractivity contribution is 5.85. The number of hydrogen-bond acceptors (Lipinski definition) is 4. The fraction of sp³-hybridized carbons (Fsp3) is 0.556. The zero-order chi connectivity index (χ0) is 16.8. The summed E-state index contributed by atoms with van der Waals surface area (Å²) in [6.07, 6.45) is 10.5. The van der Waals surface area contributed by atoms with Crippen LogP contribution in [0.15, 0.2) is 36.0 Å². The zero-order valence-electron chi connectivity index (χ0n) is 14.1. The van der Waals surface area contributed by atoms with Gasteiger partial charge in [0.2, 0.25) is 0 Å². The number of rotatable bonds is 8. The maximum atomic E-state index is 11.2. The van der Waals surface area contributed by atoms with Crippen LogP contribution in [-0.4, -0.2) is 30.6 Å². The third kappa shape index (κ3) is 5.60. The number of carbonyl (C=O) groups is 2. The van der Waals surface area contributed by atoms with Gasteiger partial charge in [0.1, 0.15) is 11.4 Å². The summed E-state index contributed by atoms with van der Waals surface area (Å²) in [6, 6.07) is 0. The molecule has 1 aliphatic rings. The highest BCUT2D eigenvalue weighted by Crippen LogP contribution is 2.22. The molecule has 1 heterocycles. The molecule has 0 fully saturated rings. The topological polar surface area (TPSA) is 52.6 Å². The predicted molar refractivity (Wildman–Crippen MR) is 86.4 cm³/mol. The molecule has 0 saturated carbocycles. The van der Waals surface area contributed by atoms with E-state index < -0.39 is 5.60 Å². The van der Waals surface area contributed by atoms with E-state index in [-0.39, 0.29) is 23.8 Å². The summed E-state index contributed by atoms with van der Waals surface area (Å²) in [7, 11) is 1.64. The van der Waals surface area contributed by atoms with Gasteiger partial charge >= 0.3 is 5.97 Å². The molecule has 4 heteroatoms. The number of ketones is 1. The SMILES string of the molecule is CO[C@H](/C=C/[C@@]1(C)C=CC(=O)O1)/C(C)=C/CC[C@@H](C)C(C)=O. The lowest BCUT2D eigenvalue weighted by molar-refractivity contribution is -0.141. The maximum Gasteiger partial charge on any atom is 0.331 e. The van der Waals surface area contributed by atoms with E-state index >= 15 is 0 Å². The van der Waals surface area contributed by atoms with E-state index in [0.717, 1.165) is 18.4 Å². The van der Waals surface area contributed by atoms with Gasteiger partial charge in [-0.2, -0.15) is 0 Å². The average Bonchev–Trinajstić information content (AvgIpc) is 2.79. The third-order valence-electron chi connectivity index (χ3n) is 3.94. The normalized spacial score (nSPS) is 24.6. The van der Waals surface area contributed by atoms with E-state index in [0.29, 0.717) is 0 Å². The van der Waals surface area contributed by atoms with Gasteiger partial charge in [0.25, 0.3) is 0 Å². The number of methoxy groups -OCH3 is 1. The largest absolute Gasteiger partial charge is 0.448 e. The van der Waals surface area contributed by atoms with E-state index in [4.69, 9.17) is 9.47 Å². The van der Waals surface area contributed by atoms with Crippen LogP contribution in [0.25, 0.3) is 0 Å². The smallest absolute Gasteiger partial charge is 0.331 e. The Kier molecular flexibility index (Phi) is 6.75. The number of esters is 1. The van der Waals surface area contributed by atoms with Gasteiger partial charge in [-0.1, -0.05) is 19.1 Å². The van der Waals surface area contributed by atoms with E-state index in [1.165, 1.54) is 6.08 Å². The van der Waals surface area contributed by atoms with Crippen LogP contribution in [-0.2, 0) is 19.1 Å². The molecular formula is C18H26O4. The Morgan fingerprint density at radius 2 is 2.14 bits per heavy atom. The molecular weight excluding hydrogens is 280 g/mol. The summed E-state index contributed by atoms with van der Waals surface area (Å²) in [5.74, 6) is -0.0221. The molecule has 0 bridgehead atoms. The number of cyclic esters (lactones) is 1. The van der Waals surface area contributed by atoms with Crippen LogP contribution >= 0.6 is 0 Å². The Morgan fingerprint density at radius 1 is 1.45 bits per heavy atom. The summed E-state index contributed by atoms with van der Waals surface area (Å²) in [4.78, 5) is 22.4. The summed E-state index contributed by atoms with van der Waals surface area (Å²) >= 11 is 0. The van der Waals surface area contributed by atoms with Crippen LogP contribution in [0.2, 0.25) is 0 Å². The molecule has 3 atom stereocenters. The molecule has 0 amide bonds. The predicted octanol–water partition coefficient (Wildman–Crippen LogP) is 3.38. The molecule has 0 aromatic heterocycles. The van der Waals surface area contributed by atoms with Gasteiger partial charge in [0, 0.05) is 19.1 Å². The highest BCUT2D eigenvalue weighted by atomic mass is 16.6. The molecule has 122 valence electrons. The van der Waals surface area contributed by atoms with Gasteiger partial charge in [-0.25, -0.2) is 4.79 Å². The lowest BCUT2D eigenvalue weighted by Gasteiger charge is -2.19. The van der Waals surface area contributed by atoms with E-state index in [2.05, 4.69) is 6.08 Å². The number of allylic oxidation sites excluding steroid dienone is 1. The third-order valence-corrected chi connectivity index (χ3v) is 3.94. The van der Waals surface area contributed by atoms with Crippen molar-refractivity contribution in [3.8, 4) is 0 Å². The molecule has 4 nitrogen and oxygen atoms in total. The van der Waals surface area contributed by atoms with Crippen LogP contribution < -0.4 is 0 Å². The van der Waals surface area contributed by atoms with Crippen molar-refractivity contribution in [1.82, 2.24) is 0 Å². The summed E-state index contributed by atoms with van der Waals surface area (Å²) < 4.78 is 10.7. The first-order valence-electron chi connectivity index (χ1n) is 7.59. The van der Waals surface area contributed by atoms with Gasteiger partial charge in [0.05, 0.1) is 6.10 Å².